The first-order valence-electron chi connectivity index (χ1n) is 12.5. The van der Waals surface area contributed by atoms with Crippen LogP contribution in [0.5, 0.6) is 0 Å². The number of ether oxygens (including phenoxy) is 1. The van der Waals surface area contributed by atoms with Gasteiger partial charge in [-0.25, -0.2) is 0 Å². The van der Waals surface area contributed by atoms with E-state index >= 15 is 0 Å². The van der Waals surface area contributed by atoms with Crippen LogP contribution in [-0.4, -0.2) is 69.1 Å². The topological polar surface area (TPSA) is 127 Å². The minimum absolute atomic E-state index is 0.315. The molecule has 0 saturated carbocycles. The molecule has 0 aliphatic heterocycles. The fourth-order valence-electron chi connectivity index (χ4n) is 3.43. The van der Waals surface area contributed by atoms with Crippen molar-refractivity contribution in [1.82, 2.24) is 0 Å². The fraction of sp³-hybridized carbons (Fsp3) is 0.880. The Kier molecular flexibility index (Phi) is 20.0. The van der Waals surface area contributed by atoms with Gasteiger partial charge in [0.05, 0.1) is 12.5 Å². The van der Waals surface area contributed by atoms with Crippen molar-refractivity contribution in [2.75, 3.05) is 13.2 Å². The Hall–Kier alpha value is -0.990. The summed E-state index contributed by atoms with van der Waals surface area (Å²) in [6, 6.07) is 0. The predicted octanol–water partition coefficient (Wildman–Crippen LogP) is 3.25. The Morgan fingerprint density at radius 1 is 0.781 bits per heavy atom. The van der Waals surface area contributed by atoms with Crippen LogP contribution in [0.4, 0.5) is 0 Å². The zero-order valence-corrected chi connectivity index (χ0v) is 20.2. The van der Waals surface area contributed by atoms with Crippen molar-refractivity contribution >= 4 is 5.97 Å². The molecule has 0 aromatic heterocycles. The number of aliphatic hydroxyl groups is 5. The summed E-state index contributed by atoms with van der Waals surface area (Å²) in [6.07, 6.45) is 13.2. The van der Waals surface area contributed by atoms with Crippen LogP contribution in [0.1, 0.15) is 97.3 Å². The van der Waals surface area contributed by atoms with E-state index in [0.717, 1.165) is 32.1 Å². The normalized spacial score (nSPS) is 16.6. The van der Waals surface area contributed by atoms with Crippen molar-refractivity contribution < 1.29 is 35.1 Å². The molecule has 0 aromatic rings. The molecule has 32 heavy (non-hydrogen) atoms. The fourth-order valence-corrected chi connectivity index (χ4v) is 3.43. The van der Waals surface area contributed by atoms with Gasteiger partial charge in [-0.3, -0.25) is 4.79 Å². The molecule has 0 amide bonds. The van der Waals surface area contributed by atoms with Crippen LogP contribution in [-0.2, 0) is 9.53 Å². The predicted molar refractivity (Wildman–Crippen MR) is 126 cm³/mol. The van der Waals surface area contributed by atoms with Crippen molar-refractivity contribution in [3.8, 4) is 0 Å². The van der Waals surface area contributed by atoms with Gasteiger partial charge in [-0.05, 0) is 32.1 Å². The quantitative estimate of drug-likeness (QED) is 0.101. The van der Waals surface area contributed by atoms with Gasteiger partial charge in [0.2, 0.25) is 0 Å². The van der Waals surface area contributed by atoms with Crippen molar-refractivity contribution in [1.29, 1.82) is 0 Å². The van der Waals surface area contributed by atoms with Crippen molar-refractivity contribution in [2.45, 2.75) is 122 Å². The van der Waals surface area contributed by atoms with Gasteiger partial charge in [0.25, 0.3) is 0 Å². The molecule has 0 aliphatic carbocycles. The average Bonchev–Trinajstić information content (AvgIpc) is 2.80. The number of aliphatic hydroxyl groups excluding tert-OH is 5. The molecule has 0 saturated heterocycles. The highest BCUT2D eigenvalue weighted by Gasteiger charge is 2.31. The zero-order chi connectivity index (χ0) is 24.2. The van der Waals surface area contributed by atoms with Crippen molar-refractivity contribution in [3.63, 3.8) is 0 Å². The van der Waals surface area contributed by atoms with Crippen molar-refractivity contribution in [2.24, 2.45) is 5.92 Å². The molecule has 0 aromatic carbocycles. The number of unbranched alkanes of at least 4 members (excludes halogenated alkanes) is 10. The first-order chi connectivity index (χ1) is 15.3. The Morgan fingerprint density at radius 2 is 1.28 bits per heavy atom. The highest BCUT2D eigenvalue weighted by molar-refractivity contribution is 5.71. The Bertz CT molecular complexity index is 469. The van der Waals surface area contributed by atoms with Gasteiger partial charge < -0.3 is 30.3 Å². The second-order valence-electron chi connectivity index (χ2n) is 8.85. The number of hydrogen-bond acceptors (Lipinski definition) is 7. The lowest BCUT2D eigenvalue weighted by atomic mass is 10.0. The van der Waals surface area contributed by atoms with E-state index in [1.165, 1.54) is 44.9 Å². The monoisotopic (exact) mass is 460 g/mol. The highest BCUT2D eigenvalue weighted by atomic mass is 16.5. The van der Waals surface area contributed by atoms with Gasteiger partial charge in [0.1, 0.15) is 31.0 Å². The van der Waals surface area contributed by atoms with E-state index in [-0.39, 0.29) is 5.92 Å². The number of rotatable bonds is 21. The molecule has 1 unspecified atom stereocenters. The van der Waals surface area contributed by atoms with Gasteiger partial charge in [0, 0.05) is 0 Å². The maximum atomic E-state index is 12.0. The molecule has 7 heteroatoms. The summed E-state index contributed by atoms with van der Waals surface area (Å²) < 4.78 is 5.01. The molecule has 0 fully saturated rings. The lowest BCUT2D eigenvalue weighted by Crippen LogP contribution is -2.47. The molecular weight excluding hydrogens is 412 g/mol. The minimum Gasteiger partial charge on any atom is -0.463 e. The van der Waals surface area contributed by atoms with Crippen LogP contribution in [0.25, 0.3) is 0 Å². The molecule has 0 radical (unpaired) electrons. The first-order valence-corrected chi connectivity index (χ1v) is 12.5. The molecule has 0 heterocycles. The Balaban J connectivity index is 3.72. The molecular formula is C25H48O7. The van der Waals surface area contributed by atoms with E-state index in [0.29, 0.717) is 6.42 Å². The van der Waals surface area contributed by atoms with E-state index in [1.54, 1.807) is 6.92 Å². The lowest BCUT2D eigenvalue weighted by molar-refractivity contribution is -0.160. The minimum atomic E-state index is -1.73. The maximum Gasteiger partial charge on any atom is 0.308 e. The van der Waals surface area contributed by atoms with E-state index in [1.807, 2.05) is 0 Å². The van der Waals surface area contributed by atoms with Crippen LogP contribution in [0.3, 0.4) is 0 Å². The molecule has 0 aliphatic rings. The number of carbonyl (C=O) groups excluding carboxylic acids is 1. The number of allylic oxidation sites excluding steroid dienone is 2. The summed E-state index contributed by atoms with van der Waals surface area (Å²) in [5.41, 5.74) is 0. The van der Waals surface area contributed by atoms with Gasteiger partial charge in [-0.15, -0.1) is 0 Å². The summed E-state index contributed by atoms with van der Waals surface area (Å²) in [4.78, 5) is 12.0. The third kappa shape index (κ3) is 15.8. The summed E-state index contributed by atoms with van der Waals surface area (Å²) in [5.74, 6) is -0.782. The highest BCUT2D eigenvalue weighted by Crippen LogP contribution is 2.14. The van der Waals surface area contributed by atoms with Crippen molar-refractivity contribution in [3.05, 3.63) is 12.2 Å². The summed E-state index contributed by atoms with van der Waals surface area (Å²) in [5, 5.41) is 47.1. The number of carbonyl (C=O) groups is 1. The second kappa shape index (κ2) is 20.6. The zero-order valence-electron chi connectivity index (χ0n) is 20.2. The van der Waals surface area contributed by atoms with Crippen LogP contribution in [0.15, 0.2) is 12.2 Å². The SMILES string of the molecule is CCCCCCCCC=CCCCCCCC(C)C(=O)OC[C@H](O)[C@@H](O)[C@H](O)[C@H](O)CO. The van der Waals surface area contributed by atoms with Gasteiger partial charge in [0.15, 0.2) is 0 Å². The van der Waals surface area contributed by atoms with Gasteiger partial charge in [-0.2, -0.15) is 0 Å². The van der Waals surface area contributed by atoms with E-state index in [2.05, 4.69) is 19.1 Å². The molecule has 5 atom stereocenters. The van der Waals surface area contributed by atoms with Crippen LogP contribution < -0.4 is 0 Å². The number of hydrogen-bond donors (Lipinski definition) is 5. The third-order valence-corrected chi connectivity index (χ3v) is 5.77. The summed E-state index contributed by atoms with van der Waals surface area (Å²) >= 11 is 0. The standard InChI is InChI=1S/C25H48O7/c1-3-4-5-6-7-8-9-10-11-12-13-14-15-16-17-20(2)25(31)32-19-22(28)24(30)23(29)21(27)18-26/h10-11,20-24,26-30H,3-9,12-19H2,1-2H3/t20?,21-,22+,23-,24-/m1/s1. The molecule has 0 spiro atoms. The summed E-state index contributed by atoms with van der Waals surface area (Å²) in [7, 11) is 0. The largest absolute Gasteiger partial charge is 0.463 e. The number of esters is 1. The lowest BCUT2D eigenvalue weighted by Gasteiger charge is -2.25. The first kappa shape index (κ1) is 31.0. The van der Waals surface area contributed by atoms with E-state index in [9.17, 15) is 25.2 Å². The van der Waals surface area contributed by atoms with Crippen LogP contribution in [0.2, 0.25) is 0 Å². The average molecular weight is 461 g/mol. The third-order valence-electron chi connectivity index (χ3n) is 5.77. The molecule has 0 rings (SSSR count). The molecule has 190 valence electrons. The molecule has 5 N–H and O–H groups in total. The Labute approximate surface area is 194 Å². The van der Waals surface area contributed by atoms with Gasteiger partial charge in [-0.1, -0.05) is 77.4 Å². The Morgan fingerprint density at radius 3 is 1.84 bits per heavy atom. The van der Waals surface area contributed by atoms with Crippen LogP contribution >= 0.6 is 0 Å². The van der Waals surface area contributed by atoms with E-state index in [4.69, 9.17) is 9.84 Å². The second-order valence-corrected chi connectivity index (χ2v) is 8.85. The smallest absolute Gasteiger partial charge is 0.308 e. The van der Waals surface area contributed by atoms with E-state index < -0.39 is 43.6 Å². The maximum absolute atomic E-state index is 12.0. The van der Waals surface area contributed by atoms with Crippen LogP contribution in [0, 0.1) is 5.92 Å². The summed E-state index contributed by atoms with van der Waals surface area (Å²) in [6.45, 7) is 2.77. The molecule has 0 bridgehead atoms. The van der Waals surface area contributed by atoms with Gasteiger partial charge >= 0.3 is 5.97 Å². The molecule has 7 nitrogen and oxygen atoms in total.